The number of benzene rings is 1. The number of Topliss-reactive ketones (excluding diaryl/α,β-unsaturated/α-hetero) is 1. The molecule has 1 heterocycles. The highest BCUT2D eigenvalue weighted by Gasteiger charge is 2.79. The fourth-order valence-electron chi connectivity index (χ4n) is 6.51. The molecule has 0 aromatic heterocycles. The third-order valence-corrected chi connectivity index (χ3v) is 15.0. The molecule has 1 spiro atoms. The number of carbonyl (C=O) groups excluding carboxylic acids is 2. The van der Waals surface area contributed by atoms with E-state index in [2.05, 4.69) is 53.0 Å². The average Bonchev–Trinajstić information content (AvgIpc) is 2.98. The molecule has 6 heteroatoms. The van der Waals surface area contributed by atoms with Gasteiger partial charge in [-0.3, -0.25) is 9.59 Å². The number of alkyl halides is 1. The maximum absolute atomic E-state index is 14.4. The summed E-state index contributed by atoms with van der Waals surface area (Å²) in [5, 5.41) is 2.78. The molecular weight excluding hydrogens is 438 g/mol. The highest BCUT2D eigenvalue weighted by atomic mass is 35.5. The quantitative estimate of drug-likeness (QED) is 0.421. The number of anilines is 1. The van der Waals surface area contributed by atoms with Gasteiger partial charge in [0.15, 0.2) is 8.32 Å². The highest BCUT2D eigenvalue weighted by Crippen LogP contribution is 2.73. The lowest BCUT2D eigenvalue weighted by Crippen LogP contribution is -2.76. The number of para-hydroxylation sites is 1. The smallest absolute Gasteiger partial charge is 0.236 e. The van der Waals surface area contributed by atoms with Crippen molar-refractivity contribution >= 4 is 37.3 Å². The molecule has 176 valence electrons. The first kappa shape index (κ1) is 24.0. The van der Waals surface area contributed by atoms with E-state index in [0.717, 1.165) is 11.3 Å². The molecule has 2 saturated carbocycles. The van der Waals surface area contributed by atoms with E-state index in [0.29, 0.717) is 6.42 Å². The van der Waals surface area contributed by atoms with E-state index in [9.17, 15) is 9.59 Å². The van der Waals surface area contributed by atoms with Crippen molar-refractivity contribution in [1.29, 1.82) is 0 Å². The van der Waals surface area contributed by atoms with Crippen molar-refractivity contribution in [2.75, 3.05) is 5.32 Å². The van der Waals surface area contributed by atoms with Gasteiger partial charge in [-0.05, 0) is 61.4 Å². The normalized spacial score (nSPS) is 36.9. The molecule has 1 aromatic rings. The van der Waals surface area contributed by atoms with E-state index < -0.39 is 19.1 Å². The number of fused-ring (bicyclic) bond motifs is 4. The van der Waals surface area contributed by atoms with Gasteiger partial charge in [-0.1, -0.05) is 52.8 Å². The predicted molar refractivity (Wildman–Crippen MR) is 133 cm³/mol. The summed E-state index contributed by atoms with van der Waals surface area (Å²) in [7, 11) is -2.11. The van der Waals surface area contributed by atoms with Crippen molar-refractivity contribution in [3.63, 3.8) is 0 Å². The largest absolute Gasteiger partial charge is 0.413 e. The Kier molecular flexibility index (Phi) is 5.19. The minimum absolute atomic E-state index is 0.0314. The minimum Gasteiger partial charge on any atom is -0.413 e. The number of halogens is 1. The summed E-state index contributed by atoms with van der Waals surface area (Å²) in [5.74, 6) is -0.271. The van der Waals surface area contributed by atoms with Crippen molar-refractivity contribution in [1.82, 2.24) is 0 Å². The molecule has 0 saturated heterocycles. The molecule has 1 aliphatic heterocycles. The number of amides is 1. The summed E-state index contributed by atoms with van der Waals surface area (Å²) in [4.78, 5) is 27.9. The lowest BCUT2D eigenvalue weighted by atomic mass is 9.33. The number of ketones is 1. The Morgan fingerprint density at radius 2 is 1.75 bits per heavy atom. The number of rotatable bonds is 3. The van der Waals surface area contributed by atoms with Crippen LogP contribution in [0.2, 0.25) is 18.1 Å². The van der Waals surface area contributed by atoms with E-state index in [1.54, 1.807) is 0 Å². The monoisotopic (exact) mass is 475 g/mol. The summed E-state index contributed by atoms with van der Waals surface area (Å²) in [6.45, 7) is 19.3. The molecule has 4 rings (SSSR count). The van der Waals surface area contributed by atoms with Crippen LogP contribution in [0.3, 0.4) is 0 Å². The van der Waals surface area contributed by atoms with Crippen LogP contribution in [-0.2, 0) is 19.4 Å². The van der Waals surface area contributed by atoms with Crippen LogP contribution in [0.1, 0.15) is 60.5 Å². The van der Waals surface area contributed by atoms with E-state index >= 15 is 0 Å². The van der Waals surface area contributed by atoms with Crippen molar-refractivity contribution in [3.05, 3.63) is 29.8 Å². The summed E-state index contributed by atoms with van der Waals surface area (Å²) < 4.78 is 6.73. The zero-order valence-electron chi connectivity index (χ0n) is 20.9. The van der Waals surface area contributed by atoms with E-state index in [4.69, 9.17) is 16.0 Å². The fraction of sp³-hybridized carbons (Fsp3) is 0.692. The van der Waals surface area contributed by atoms with Gasteiger partial charge < -0.3 is 9.74 Å². The Bertz CT molecular complexity index is 984. The maximum atomic E-state index is 14.4. The van der Waals surface area contributed by atoms with Crippen LogP contribution in [0.4, 0.5) is 5.69 Å². The molecule has 6 atom stereocenters. The summed E-state index contributed by atoms with van der Waals surface area (Å²) in [6.07, 6.45) is 0.393. The van der Waals surface area contributed by atoms with Gasteiger partial charge in [-0.15, -0.1) is 11.6 Å². The van der Waals surface area contributed by atoms with Crippen molar-refractivity contribution < 1.29 is 14.0 Å². The minimum atomic E-state index is -2.11. The lowest BCUT2D eigenvalue weighted by Gasteiger charge is -2.68. The van der Waals surface area contributed by atoms with Gasteiger partial charge >= 0.3 is 0 Å². The van der Waals surface area contributed by atoms with Gasteiger partial charge in [-0.2, -0.15) is 0 Å². The first-order valence-electron chi connectivity index (χ1n) is 11.8. The van der Waals surface area contributed by atoms with E-state index in [-0.39, 0.29) is 45.5 Å². The van der Waals surface area contributed by atoms with Crippen LogP contribution in [0, 0.1) is 22.7 Å². The van der Waals surface area contributed by atoms with Crippen LogP contribution < -0.4 is 5.32 Å². The van der Waals surface area contributed by atoms with E-state index in [1.807, 2.05) is 38.1 Å². The zero-order valence-corrected chi connectivity index (χ0v) is 22.7. The molecule has 1 amide bonds. The van der Waals surface area contributed by atoms with Gasteiger partial charge in [-0.25, -0.2) is 0 Å². The Labute approximate surface area is 199 Å². The first-order valence-corrected chi connectivity index (χ1v) is 15.2. The van der Waals surface area contributed by atoms with Gasteiger partial charge in [0.1, 0.15) is 5.78 Å². The molecule has 4 nitrogen and oxygen atoms in total. The van der Waals surface area contributed by atoms with Crippen molar-refractivity contribution in [2.45, 2.75) is 89.9 Å². The second kappa shape index (κ2) is 6.92. The van der Waals surface area contributed by atoms with Crippen molar-refractivity contribution in [3.8, 4) is 0 Å². The summed E-state index contributed by atoms with van der Waals surface area (Å²) in [6, 6.07) is 7.84. The highest BCUT2D eigenvalue weighted by molar-refractivity contribution is 6.74. The fourth-order valence-corrected chi connectivity index (χ4v) is 8.47. The van der Waals surface area contributed by atoms with Gasteiger partial charge in [0.2, 0.25) is 5.91 Å². The number of carbonyl (C=O) groups is 2. The van der Waals surface area contributed by atoms with Crippen LogP contribution in [0.25, 0.3) is 0 Å². The molecule has 3 aliphatic rings. The molecule has 0 unspecified atom stereocenters. The van der Waals surface area contributed by atoms with Crippen LogP contribution in [0.5, 0.6) is 0 Å². The SMILES string of the molecule is C[C@@H](O[Si](C)(C)C(C)(C)C)[C@@]1(C)C(=O)[C@@H]2[C@H](C[C@H]1Cl)C(C)(C)[C@@]21C(=O)Nc2ccccc21. The van der Waals surface area contributed by atoms with Crippen LogP contribution in [-0.4, -0.2) is 31.5 Å². The molecule has 2 aliphatic carbocycles. The topological polar surface area (TPSA) is 55.4 Å². The second-order valence-electron chi connectivity index (χ2n) is 12.5. The summed E-state index contributed by atoms with van der Waals surface area (Å²) >= 11 is 7.02. The molecular formula is C26H38ClNO3Si. The number of hydrogen-bond donors (Lipinski definition) is 1. The second-order valence-corrected chi connectivity index (χ2v) is 17.8. The standard InChI is InChI=1S/C26H38ClNO3Si/c1-15(31-32(8,9)23(2,3)4)25(7)19(27)14-17-20(21(25)29)26(24(17,5)6)16-12-10-11-13-18(16)28-22(26)30/h10-13,15,17,19-20H,14H2,1-9H3,(H,28,30)/t15-,17+,19-,20+,25-,26-/m1/s1. The molecule has 0 radical (unpaired) electrons. The Hall–Kier alpha value is -1.17. The first-order chi connectivity index (χ1) is 14.5. The van der Waals surface area contributed by atoms with Crippen LogP contribution >= 0.6 is 11.6 Å². The Balaban J connectivity index is 1.78. The van der Waals surface area contributed by atoms with Crippen LogP contribution in [0.15, 0.2) is 24.3 Å². The molecule has 32 heavy (non-hydrogen) atoms. The van der Waals surface area contributed by atoms with Gasteiger partial charge in [0.05, 0.1) is 16.9 Å². The maximum Gasteiger partial charge on any atom is 0.236 e. The van der Waals surface area contributed by atoms with Gasteiger partial charge in [0.25, 0.3) is 0 Å². The third-order valence-electron chi connectivity index (χ3n) is 9.82. The third kappa shape index (κ3) is 2.71. The Morgan fingerprint density at radius 1 is 1.16 bits per heavy atom. The average molecular weight is 476 g/mol. The predicted octanol–water partition coefficient (Wildman–Crippen LogP) is 6.15. The lowest BCUT2D eigenvalue weighted by molar-refractivity contribution is -0.192. The van der Waals surface area contributed by atoms with Crippen molar-refractivity contribution in [2.24, 2.45) is 22.7 Å². The number of hydrogen-bond acceptors (Lipinski definition) is 3. The molecule has 2 fully saturated rings. The summed E-state index contributed by atoms with van der Waals surface area (Å²) in [5.41, 5.74) is -0.267. The molecule has 0 bridgehead atoms. The molecule has 1 N–H and O–H groups in total. The zero-order chi connectivity index (χ0) is 24.1. The van der Waals surface area contributed by atoms with Gasteiger partial charge in [0, 0.05) is 17.0 Å². The van der Waals surface area contributed by atoms with E-state index in [1.165, 1.54) is 0 Å². The Morgan fingerprint density at radius 3 is 2.34 bits per heavy atom. The molecule has 1 aromatic carbocycles. The number of nitrogens with one attached hydrogen (secondary N) is 1.